The number of sulfonamides is 1. The predicted molar refractivity (Wildman–Crippen MR) is 93.1 cm³/mol. The Morgan fingerprint density at radius 3 is 2.62 bits per heavy atom. The largest absolute Gasteiger partial charge is 0.476 e. The fourth-order valence-corrected chi connectivity index (χ4v) is 3.49. The number of nitrogens with one attached hydrogen (secondary N) is 1. The van der Waals surface area contributed by atoms with Gasteiger partial charge >= 0.3 is 0 Å². The van der Waals surface area contributed by atoms with Crippen LogP contribution in [0.1, 0.15) is 0 Å². The van der Waals surface area contributed by atoms with Crippen LogP contribution in [0.5, 0.6) is 5.75 Å². The van der Waals surface area contributed by atoms with E-state index in [1.807, 2.05) is 6.07 Å². The minimum Gasteiger partial charge on any atom is -0.476 e. The van der Waals surface area contributed by atoms with Gasteiger partial charge in [0.1, 0.15) is 5.75 Å². The van der Waals surface area contributed by atoms with Crippen LogP contribution in [0.2, 0.25) is 5.02 Å². The van der Waals surface area contributed by atoms with Crippen LogP contribution in [0.3, 0.4) is 0 Å². The Labute approximate surface area is 145 Å². The van der Waals surface area contributed by atoms with Crippen LogP contribution in [-0.4, -0.2) is 33.2 Å². The van der Waals surface area contributed by atoms with Crippen molar-refractivity contribution in [3.05, 3.63) is 53.6 Å². The lowest BCUT2D eigenvalue weighted by molar-refractivity contribution is -0.122. The van der Waals surface area contributed by atoms with Crippen LogP contribution in [-0.2, 0) is 14.8 Å². The Morgan fingerprint density at radius 2 is 1.96 bits per heavy atom. The molecule has 0 radical (unpaired) electrons. The van der Waals surface area contributed by atoms with Crippen LogP contribution < -0.4 is 14.4 Å². The number of halogens is 1. The molecule has 1 heterocycles. The average molecular weight is 367 g/mol. The van der Waals surface area contributed by atoms with Gasteiger partial charge in [-0.2, -0.15) is 0 Å². The third-order valence-electron chi connectivity index (χ3n) is 3.52. The molecule has 1 aliphatic rings. The molecule has 3 rings (SSSR count). The Kier molecular flexibility index (Phi) is 4.38. The number of anilines is 2. The number of amides is 1. The van der Waals surface area contributed by atoms with E-state index < -0.39 is 22.0 Å². The zero-order chi connectivity index (χ0) is 17.3. The van der Waals surface area contributed by atoms with Gasteiger partial charge in [0.2, 0.25) is 10.0 Å². The van der Waals surface area contributed by atoms with Gasteiger partial charge in [-0.3, -0.25) is 9.10 Å². The summed E-state index contributed by atoms with van der Waals surface area (Å²) in [6.45, 7) is -0.120. The molecule has 2 aromatic carbocycles. The van der Waals surface area contributed by atoms with Crippen LogP contribution in [0.4, 0.5) is 11.4 Å². The third kappa shape index (κ3) is 3.47. The molecule has 1 unspecified atom stereocenters. The van der Waals surface area contributed by atoms with Crippen LogP contribution in [0.25, 0.3) is 0 Å². The molecule has 8 heteroatoms. The van der Waals surface area contributed by atoms with Gasteiger partial charge in [-0.25, -0.2) is 8.42 Å². The lowest BCUT2D eigenvalue weighted by Gasteiger charge is -2.34. The lowest BCUT2D eigenvalue weighted by atomic mass is 10.2. The summed E-state index contributed by atoms with van der Waals surface area (Å²) >= 11 is 5.94. The molecule has 1 N–H and O–H groups in total. The van der Waals surface area contributed by atoms with Crippen molar-refractivity contribution in [2.45, 2.75) is 6.10 Å². The Balaban J connectivity index is 1.89. The second-order valence-corrected chi connectivity index (χ2v) is 7.71. The average Bonchev–Trinajstić information content (AvgIpc) is 2.53. The van der Waals surface area contributed by atoms with Gasteiger partial charge in [0.05, 0.1) is 18.5 Å². The van der Waals surface area contributed by atoms with Crippen molar-refractivity contribution in [3.63, 3.8) is 0 Å². The second-order valence-electron chi connectivity index (χ2n) is 5.37. The zero-order valence-electron chi connectivity index (χ0n) is 12.8. The maximum atomic E-state index is 12.4. The number of benzene rings is 2. The highest BCUT2D eigenvalue weighted by atomic mass is 35.5. The van der Waals surface area contributed by atoms with E-state index in [2.05, 4.69) is 5.32 Å². The number of carbonyl (C=O) groups is 1. The van der Waals surface area contributed by atoms with E-state index >= 15 is 0 Å². The molecule has 0 saturated heterocycles. The zero-order valence-corrected chi connectivity index (χ0v) is 14.3. The predicted octanol–water partition coefficient (Wildman–Crippen LogP) is 2.51. The smallest absolute Gasteiger partial charge is 0.267 e. The van der Waals surface area contributed by atoms with Gasteiger partial charge in [0, 0.05) is 10.7 Å². The first-order valence-electron chi connectivity index (χ1n) is 7.14. The summed E-state index contributed by atoms with van der Waals surface area (Å²) in [6.07, 6.45) is 0.114. The fourth-order valence-electron chi connectivity index (χ4n) is 2.42. The Morgan fingerprint density at radius 1 is 1.25 bits per heavy atom. The van der Waals surface area contributed by atoms with Crippen molar-refractivity contribution in [2.75, 3.05) is 22.4 Å². The second kappa shape index (κ2) is 6.33. The molecule has 1 atom stereocenters. The molecule has 0 spiro atoms. The van der Waals surface area contributed by atoms with Gasteiger partial charge in [0.25, 0.3) is 5.91 Å². The van der Waals surface area contributed by atoms with Crippen LogP contribution >= 0.6 is 11.6 Å². The summed E-state index contributed by atoms with van der Waals surface area (Å²) in [7, 11) is -3.58. The molecular weight excluding hydrogens is 352 g/mol. The highest BCUT2D eigenvalue weighted by Crippen LogP contribution is 2.37. The van der Waals surface area contributed by atoms with Crippen molar-refractivity contribution >= 4 is 38.9 Å². The molecule has 6 nitrogen and oxygen atoms in total. The molecule has 0 aromatic heterocycles. The normalized spacial score (nSPS) is 16.9. The number of nitrogens with zero attached hydrogens (tertiary/aromatic N) is 1. The Hall–Kier alpha value is -2.25. The highest BCUT2D eigenvalue weighted by Gasteiger charge is 2.35. The molecule has 0 saturated carbocycles. The molecule has 0 aliphatic carbocycles. The van der Waals surface area contributed by atoms with E-state index in [0.717, 1.165) is 10.6 Å². The number of hydrogen-bond acceptors (Lipinski definition) is 4. The van der Waals surface area contributed by atoms with Gasteiger partial charge in [0.15, 0.2) is 6.10 Å². The number of fused-ring (bicyclic) bond motifs is 1. The van der Waals surface area contributed by atoms with Crippen LogP contribution in [0.15, 0.2) is 48.5 Å². The number of para-hydroxylation sites is 1. The SMILES string of the molecule is CS(=O)(=O)N1CC(C(=O)Nc2ccccc2)Oc2ccc(Cl)cc21. The van der Waals surface area contributed by atoms with Gasteiger partial charge in [-0.05, 0) is 30.3 Å². The minimum atomic E-state index is -3.58. The first-order valence-corrected chi connectivity index (χ1v) is 9.37. The van der Waals surface area contributed by atoms with Gasteiger partial charge in [-0.15, -0.1) is 0 Å². The molecule has 126 valence electrons. The highest BCUT2D eigenvalue weighted by molar-refractivity contribution is 7.92. The fraction of sp³-hybridized carbons (Fsp3) is 0.188. The van der Waals surface area contributed by atoms with E-state index in [-0.39, 0.29) is 6.54 Å². The summed E-state index contributed by atoms with van der Waals surface area (Å²) in [5.41, 5.74) is 0.938. The molecule has 24 heavy (non-hydrogen) atoms. The summed E-state index contributed by atoms with van der Waals surface area (Å²) in [6, 6.07) is 13.5. The third-order valence-corrected chi connectivity index (χ3v) is 4.91. The summed E-state index contributed by atoms with van der Waals surface area (Å²) in [5, 5.41) is 3.10. The number of rotatable bonds is 3. The molecule has 2 aromatic rings. The number of carbonyl (C=O) groups excluding carboxylic acids is 1. The molecule has 1 amide bonds. The van der Waals surface area contributed by atoms with Crippen molar-refractivity contribution in [3.8, 4) is 5.75 Å². The monoisotopic (exact) mass is 366 g/mol. The van der Waals surface area contributed by atoms with Crippen molar-refractivity contribution in [1.29, 1.82) is 0 Å². The number of hydrogen-bond donors (Lipinski definition) is 1. The number of ether oxygens (including phenoxy) is 1. The topological polar surface area (TPSA) is 75.7 Å². The maximum Gasteiger partial charge on any atom is 0.267 e. The lowest BCUT2D eigenvalue weighted by Crippen LogP contribution is -2.48. The minimum absolute atomic E-state index is 0.120. The molecular formula is C16H15ClN2O4S. The summed E-state index contributed by atoms with van der Waals surface area (Å²) in [5.74, 6) is -0.125. The Bertz CT molecular complexity index is 871. The standard InChI is InChI=1S/C16H15ClN2O4S/c1-24(21,22)19-10-15(16(20)18-12-5-3-2-4-6-12)23-14-8-7-11(17)9-13(14)19/h2-9,15H,10H2,1H3,(H,18,20). The maximum absolute atomic E-state index is 12.4. The van der Waals surface area contributed by atoms with E-state index in [1.54, 1.807) is 36.4 Å². The van der Waals surface area contributed by atoms with Crippen molar-refractivity contribution in [2.24, 2.45) is 0 Å². The summed E-state index contributed by atoms with van der Waals surface area (Å²) in [4.78, 5) is 12.4. The quantitative estimate of drug-likeness (QED) is 0.905. The molecule has 0 bridgehead atoms. The first kappa shape index (κ1) is 16.6. The van der Waals surface area contributed by atoms with E-state index in [9.17, 15) is 13.2 Å². The van der Waals surface area contributed by atoms with Crippen LogP contribution in [0, 0.1) is 0 Å². The van der Waals surface area contributed by atoms with E-state index in [1.165, 1.54) is 6.07 Å². The van der Waals surface area contributed by atoms with Gasteiger partial charge < -0.3 is 10.1 Å². The molecule has 1 aliphatic heterocycles. The van der Waals surface area contributed by atoms with Crippen molar-refractivity contribution in [1.82, 2.24) is 0 Å². The van der Waals surface area contributed by atoms with Gasteiger partial charge in [-0.1, -0.05) is 29.8 Å². The summed E-state index contributed by atoms with van der Waals surface area (Å²) < 4.78 is 31.0. The van der Waals surface area contributed by atoms with E-state index in [0.29, 0.717) is 22.1 Å². The molecule has 0 fully saturated rings. The first-order chi connectivity index (χ1) is 11.3. The van der Waals surface area contributed by atoms with E-state index in [4.69, 9.17) is 16.3 Å². The van der Waals surface area contributed by atoms with Crippen molar-refractivity contribution < 1.29 is 17.9 Å².